The van der Waals surface area contributed by atoms with Gasteiger partial charge in [0.15, 0.2) is 0 Å². The maximum atomic E-state index is 14.7. The number of anilines is 1. The van der Waals surface area contributed by atoms with Gasteiger partial charge in [-0.1, -0.05) is 11.6 Å². The minimum Gasteiger partial charge on any atom is -0.272 e. The third kappa shape index (κ3) is 2.93. The van der Waals surface area contributed by atoms with Crippen LogP contribution in [0, 0.1) is 11.2 Å². The number of amides is 3. The molecule has 0 radical (unpaired) electrons. The largest absolute Gasteiger partial charge is 0.272 e. The van der Waals surface area contributed by atoms with Gasteiger partial charge >= 0.3 is 0 Å². The first-order valence-corrected chi connectivity index (χ1v) is 9.62. The van der Waals surface area contributed by atoms with Gasteiger partial charge in [-0.3, -0.25) is 19.2 Å². The third-order valence-corrected chi connectivity index (χ3v) is 5.80. The molecule has 0 spiro atoms. The summed E-state index contributed by atoms with van der Waals surface area (Å²) in [5, 5.41) is 1.28. The number of hydrogen-bond acceptors (Lipinski definition) is 4. The van der Waals surface area contributed by atoms with E-state index in [0.29, 0.717) is 29.6 Å². The topological polar surface area (TPSA) is 66.9 Å². The van der Waals surface area contributed by atoms with Crippen LogP contribution >= 0.6 is 11.6 Å². The van der Waals surface area contributed by atoms with E-state index >= 15 is 0 Å². The van der Waals surface area contributed by atoms with Crippen LogP contribution in [-0.2, 0) is 25.8 Å². The molecule has 0 unspecified atom stereocenters. The monoisotopic (exact) mass is 406 g/mol. The fraction of sp³-hybridized carbons (Fsp3) is 0.450. The maximum Gasteiger partial charge on any atom is 0.261 e. The summed E-state index contributed by atoms with van der Waals surface area (Å²) in [6.45, 7) is 3.77. The molecule has 1 aromatic rings. The van der Waals surface area contributed by atoms with Gasteiger partial charge < -0.3 is 0 Å². The van der Waals surface area contributed by atoms with E-state index in [1.165, 1.54) is 11.1 Å². The highest BCUT2D eigenvalue weighted by molar-refractivity contribution is 6.34. The molecule has 1 aliphatic carbocycles. The predicted octanol–water partition coefficient (Wildman–Crippen LogP) is 3.52. The summed E-state index contributed by atoms with van der Waals surface area (Å²) in [7, 11) is 0. The maximum absolute atomic E-state index is 14.7. The molecule has 148 valence electrons. The predicted molar refractivity (Wildman–Crippen MR) is 99.7 cm³/mol. The van der Waals surface area contributed by atoms with Crippen molar-refractivity contribution in [1.29, 1.82) is 0 Å². The zero-order valence-corrected chi connectivity index (χ0v) is 16.4. The van der Waals surface area contributed by atoms with Crippen molar-refractivity contribution < 1.29 is 23.6 Å². The summed E-state index contributed by atoms with van der Waals surface area (Å²) < 4.78 is 14.7. The Morgan fingerprint density at radius 2 is 1.71 bits per heavy atom. The Balaban J connectivity index is 1.66. The second kappa shape index (κ2) is 6.67. The summed E-state index contributed by atoms with van der Waals surface area (Å²) in [6, 6.07) is 2.42. The molecule has 6 nitrogen and oxygen atoms in total. The average molecular weight is 407 g/mol. The first-order valence-electron chi connectivity index (χ1n) is 9.24. The van der Waals surface area contributed by atoms with Crippen LogP contribution in [0.15, 0.2) is 23.3 Å². The van der Waals surface area contributed by atoms with Gasteiger partial charge in [0.2, 0.25) is 0 Å². The molecule has 0 N–H and O–H groups in total. The second-order valence-corrected chi connectivity index (χ2v) is 8.41. The van der Waals surface area contributed by atoms with E-state index in [0.717, 1.165) is 23.8 Å². The van der Waals surface area contributed by atoms with Crippen molar-refractivity contribution in [3.63, 3.8) is 0 Å². The summed E-state index contributed by atoms with van der Waals surface area (Å²) in [6.07, 6.45) is 2.74. The standard InChI is InChI=1S/C20H20ClFN2O4/c1-20(2)10-28-23(19(20)27)9-11-7-16(15(22)8-14(11)21)24-17(25)12-5-3-4-6-13(12)18(24)26/h7-8H,3-6,9-10H2,1-2H3. The smallest absolute Gasteiger partial charge is 0.261 e. The first kappa shape index (κ1) is 19.1. The molecule has 3 aliphatic rings. The molecule has 8 heteroatoms. The summed E-state index contributed by atoms with van der Waals surface area (Å²) in [5.74, 6) is -1.91. The number of hydrogen-bond donors (Lipinski definition) is 0. The van der Waals surface area contributed by atoms with Crippen molar-refractivity contribution >= 4 is 35.0 Å². The minimum absolute atomic E-state index is 0.00224. The van der Waals surface area contributed by atoms with Crippen LogP contribution in [0.3, 0.4) is 0 Å². The van der Waals surface area contributed by atoms with E-state index < -0.39 is 23.0 Å². The molecule has 0 aromatic heterocycles. The average Bonchev–Trinajstić information content (AvgIpc) is 3.05. The highest BCUT2D eigenvalue weighted by atomic mass is 35.5. The molecule has 0 bridgehead atoms. The summed E-state index contributed by atoms with van der Waals surface area (Å²) in [5.41, 5.74) is 0.558. The number of benzene rings is 1. The Kier molecular flexibility index (Phi) is 4.55. The normalized spacial score (nSPS) is 21.8. The first-order chi connectivity index (χ1) is 13.2. The van der Waals surface area contributed by atoms with Crippen LogP contribution in [0.25, 0.3) is 0 Å². The third-order valence-electron chi connectivity index (χ3n) is 5.45. The van der Waals surface area contributed by atoms with E-state index in [9.17, 15) is 18.8 Å². The fourth-order valence-corrected chi connectivity index (χ4v) is 4.01. The number of hydroxylamine groups is 2. The second-order valence-electron chi connectivity index (χ2n) is 8.00. The van der Waals surface area contributed by atoms with E-state index in [-0.39, 0.29) is 29.8 Å². The molecule has 0 atom stereocenters. The van der Waals surface area contributed by atoms with Gasteiger partial charge in [0, 0.05) is 16.2 Å². The van der Waals surface area contributed by atoms with Crippen molar-refractivity contribution in [2.45, 2.75) is 46.1 Å². The lowest BCUT2D eigenvalue weighted by atomic mass is 9.93. The molecule has 1 aromatic carbocycles. The number of nitrogens with zero attached hydrogens (tertiary/aromatic N) is 2. The van der Waals surface area contributed by atoms with Crippen molar-refractivity contribution in [3.8, 4) is 0 Å². The molecule has 3 amide bonds. The number of carbonyl (C=O) groups is 3. The SMILES string of the molecule is CC1(C)CON(Cc2cc(N3C(=O)C4=C(CCCC4)C3=O)c(F)cc2Cl)C1=O. The van der Waals surface area contributed by atoms with Crippen molar-refractivity contribution in [2.75, 3.05) is 11.5 Å². The lowest BCUT2D eigenvalue weighted by Crippen LogP contribution is -2.33. The molecule has 1 fully saturated rings. The molecule has 1 saturated heterocycles. The summed E-state index contributed by atoms with van der Waals surface area (Å²) >= 11 is 6.17. The fourth-order valence-electron chi connectivity index (χ4n) is 3.80. The molecular formula is C20H20ClFN2O4. The number of halogens is 2. The van der Waals surface area contributed by atoms with Crippen LogP contribution in [-0.4, -0.2) is 29.4 Å². The van der Waals surface area contributed by atoms with Crippen LogP contribution in [0.2, 0.25) is 5.02 Å². The zero-order valence-electron chi connectivity index (χ0n) is 15.7. The van der Waals surface area contributed by atoms with Gasteiger partial charge in [-0.15, -0.1) is 0 Å². The van der Waals surface area contributed by atoms with Gasteiger partial charge in [-0.2, -0.15) is 0 Å². The molecule has 4 rings (SSSR count). The van der Waals surface area contributed by atoms with E-state index in [4.69, 9.17) is 16.4 Å². The van der Waals surface area contributed by atoms with Gasteiger partial charge in [-0.05, 0) is 57.2 Å². The quantitative estimate of drug-likeness (QED) is 0.720. The van der Waals surface area contributed by atoms with Crippen LogP contribution in [0.5, 0.6) is 0 Å². The molecule has 2 aliphatic heterocycles. The van der Waals surface area contributed by atoms with Crippen molar-refractivity contribution in [3.05, 3.63) is 39.7 Å². The molecule has 28 heavy (non-hydrogen) atoms. The van der Waals surface area contributed by atoms with E-state index in [1.807, 2.05) is 0 Å². The molecule has 0 saturated carbocycles. The number of imide groups is 1. The molecule has 2 heterocycles. The highest BCUT2D eigenvalue weighted by Gasteiger charge is 2.42. The van der Waals surface area contributed by atoms with Crippen LogP contribution in [0.1, 0.15) is 45.1 Å². The Hall–Kier alpha value is -2.25. The van der Waals surface area contributed by atoms with Crippen LogP contribution in [0.4, 0.5) is 10.1 Å². The van der Waals surface area contributed by atoms with Gasteiger partial charge in [0.05, 0.1) is 24.3 Å². The van der Waals surface area contributed by atoms with Gasteiger partial charge in [-0.25, -0.2) is 14.4 Å². The Morgan fingerprint density at radius 1 is 1.11 bits per heavy atom. The Bertz CT molecular complexity index is 912. The van der Waals surface area contributed by atoms with Crippen molar-refractivity contribution in [1.82, 2.24) is 5.06 Å². The van der Waals surface area contributed by atoms with Gasteiger partial charge in [0.1, 0.15) is 5.82 Å². The highest BCUT2D eigenvalue weighted by Crippen LogP contribution is 2.38. The van der Waals surface area contributed by atoms with Crippen LogP contribution < -0.4 is 4.90 Å². The van der Waals surface area contributed by atoms with E-state index in [1.54, 1.807) is 13.8 Å². The Morgan fingerprint density at radius 3 is 2.25 bits per heavy atom. The molecular weight excluding hydrogens is 387 g/mol. The number of carbonyl (C=O) groups excluding carboxylic acids is 3. The lowest BCUT2D eigenvalue weighted by Gasteiger charge is -2.20. The lowest BCUT2D eigenvalue weighted by molar-refractivity contribution is -0.165. The summed E-state index contributed by atoms with van der Waals surface area (Å²) in [4.78, 5) is 44.2. The zero-order chi connectivity index (χ0) is 20.2. The minimum atomic E-state index is -0.760. The number of rotatable bonds is 3. The van der Waals surface area contributed by atoms with Crippen molar-refractivity contribution in [2.24, 2.45) is 5.41 Å². The Labute approximate surface area is 166 Å². The van der Waals surface area contributed by atoms with Gasteiger partial charge in [0.25, 0.3) is 17.7 Å². The van der Waals surface area contributed by atoms with E-state index in [2.05, 4.69) is 0 Å².